The van der Waals surface area contributed by atoms with E-state index in [9.17, 15) is 9.59 Å². The zero-order valence-electron chi connectivity index (χ0n) is 17.1. The average molecular weight is 407 g/mol. The second-order valence-corrected chi connectivity index (χ2v) is 7.36. The SMILES string of the molecule is COc1ccc(NC(=O)N2CCC(c3nn(C)c(=O)n3-c3ccccc3)CC2)cc1. The zero-order chi connectivity index (χ0) is 21.1. The molecule has 1 N–H and O–H groups in total. The van der Waals surface area contributed by atoms with Crippen molar-refractivity contribution in [2.24, 2.45) is 7.05 Å². The van der Waals surface area contributed by atoms with Crippen LogP contribution in [0.15, 0.2) is 59.4 Å². The predicted octanol–water partition coefficient (Wildman–Crippen LogP) is 2.99. The van der Waals surface area contributed by atoms with Crippen LogP contribution in [0.2, 0.25) is 0 Å². The molecule has 1 fully saturated rings. The minimum atomic E-state index is -0.157. The fourth-order valence-electron chi connectivity index (χ4n) is 3.79. The number of hydrogen-bond donors (Lipinski definition) is 1. The molecule has 3 aromatic rings. The molecular weight excluding hydrogens is 382 g/mol. The maximum atomic E-state index is 12.6. The highest BCUT2D eigenvalue weighted by Crippen LogP contribution is 2.28. The molecule has 0 saturated carbocycles. The number of likely N-dealkylation sites (tertiary alicyclic amines) is 1. The van der Waals surface area contributed by atoms with E-state index in [0.29, 0.717) is 13.1 Å². The number of rotatable bonds is 4. The van der Waals surface area contributed by atoms with Crippen molar-refractivity contribution in [3.05, 3.63) is 70.9 Å². The van der Waals surface area contributed by atoms with Crippen LogP contribution < -0.4 is 15.7 Å². The van der Waals surface area contributed by atoms with Crippen LogP contribution >= 0.6 is 0 Å². The number of carbonyl (C=O) groups is 1. The van der Waals surface area contributed by atoms with Gasteiger partial charge in [0, 0.05) is 31.7 Å². The number of nitrogens with one attached hydrogen (secondary N) is 1. The van der Waals surface area contributed by atoms with Crippen LogP contribution in [0.5, 0.6) is 5.75 Å². The molecular formula is C22H25N5O3. The Bertz CT molecular complexity index is 1060. The third kappa shape index (κ3) is 3.94. The van der Waals surface area contributed by atoms with Crippen LogP contribution in [0.3, 0.4) is 0 Å². The molecule has 8 nitrogen and oxygen atoms in total. The Kier molecular flexibility index (Phi) is 5.56. The Balaban J connectivity index is 1.44. The summed E-state index contributed by atoms with van der Waals surface area (Å²) in [6, 6.07) is 16.7. The fourth-order valence-corrected chi connectivity index (χ4v) is 3.79. The van der Waals surface area contributed by atoms with Crippen molar-refractivity contribution in [3.8, 4) is 11.4 Å². The molecule has 2 amide bonds. The summed E-state index contributed by atoms with van der Waals surface area (Å²) in [5.74, 6) is 1.61. The number of benzene rings is 2. The van der Waals surface area contributed by atoms with Gasteiger partial charge in [-0.15, -0.1) is 0 Å². The molecule has 0 radical (unpaired) electrons. The molecule has 1 aliphatic heterocycles. The summed E-state index contributed by atoms with van der Waals surface area (Å²) in [5.41, 5.74) is 1.38. The summed E-state index contributed by atoms with van der Waals surface area (Å²) >= 11 is 0. The Labute approximate surface area is 174 Å². The quantitative estimate of drug-likeness (QED) is 0.721. The number of urea groups is 1. The molecule has 0 bridgehead atoms. The van der Waals surface area contributed by atoms with Crippen LogP contribution in [-0.4, -0.2) is 45.5 Å². The van der Waals surface area contributed by atoms with Gasteiger partial charge in [-0.3, -0.25) is 0 Å². The summed E-state index contributed by atoms with van der Waals surface area (Å²) in [4.78, 5) is 27.1. The van der Waals surface area contributed by atoms with E-state index in [1.54, 1.807) is 23.6 Å². The summed E-state index contributed by atoms with van der Waals surface area (Å²) in [6.45, 7) is 1.21. The highest BCUT2D eigenvalue weighted by Gasteiger charge is 2.28. The van der Waals surface area contributed by atoms with E-state index in [1.165, 1.54) is 4.68 Å². The Hall–Kier alpha value is -3.55. The first-order valence-electron chi connectivity index (χ1n) is 9.98. The summed E-state index contributed by atoms with van der Waals surface area (Å²) in [6.07, 6.45) is 1.50. The molecule has 0 aliphatic carbocycles. The van der Waals surface area contributed by atoms with Crippen molar-refractivity contribution in [2.75, 3.05) is 25.5 Å². The summed E-state index contributed by atoms with van der Waals surface area (Å²) in [5, 5.41) is 7.42. The molecule has 4 rings (SSSR count). The number of ether oxygens (including phenoxy) is 1. The van der Waals surface area contributed by atoms with Gasteiger partial charge in [-0.05, 0) is 49.2 Å². The lowest BCUT2D eigenvalue weighted by Crippen LogP contribution is -2.41. The lowest BCUT2D eigenvalue weighted by atomic mass is 9.96. The summed E-state index contributed by atoms with van der Waals surface area (Å²) < 4.78 is 8.20. The smallest absolute Gasteiger partial charge is 0.350 e. The van der Waals surface area contributed by atoms with Gasteiger partial charge in [-0.25, -0.2) is 18.8 Å². The molecule has 1 saturated heterocycles. The largest absolute Gasteiger partial charge is 0.497 e. The number of hydrogen-bond acceptors (Lipinski definition) is 4. The number of aryl methyl sites for hydroxylation is 1. The van der Waals surface area contributed by atoms with Gasteiger partial charge in [0.1, 0.15) is 11.6 Å². The summed E-state index contributed by atoms with van der Waals surface area (Å²) in [7, 11) is 3.28. The second-order valence-electron chi connectivity index (χ2n) is 7.36. The maximum absolute atomic E-state index is 12.6. The van der Waals surface area contributed by atoms with E-state index >= 15 is 0 Å². The lowest BCUT2D eigenvalue weighted by Gasteiger charge is -2.31. The predicted molar refractivity (Wildman–Crippen MR) is 114 cm³/mol. The van der Waals surface area contributed by atoms with E-state index in [1.807, 2.05) is 54.6 Å². The Morgan fingerprint density at radius 3 is 2.37 bits per heavy atom. The van der Waals surface area contributed by atoms with Crippen LogP contribution in [0.25, 0.3) is 5.69 Å². The highest BCUT2D eigenvalue weighted by molar-refractivity contribution is 5.89. The number of aromatic nitrogens is 3. The third-order valence-electron chi connectivity index (χ3n) is 5.45. The molecule has 2 aromatic carbocycles. The minimum absolute atomic E-state index is 0.115. The van der Waals surface area contributed by atoms with Crippen LogP contribution in [0, 0.1) is 0 Å². The average Bonchev–Trinajstić information content (AvgIpc) is 3.09. The van der Waals surface area contributed by atoms with Gasteiger partial charge in [0.2, 0.25) is 0 Å². The van der Waals surface area contributed by atoms with Crippen molar-refractivity contribution >= 4 is 11.7 Å². The van der Waals surface area contributed by atoms with E-state index in [2.05, 4.69) is 10.4 Å². The standard InChI is InChI=1S/C22H25N5O3/c1-25-22(29)27(18-6-4-3-5-7-18)20(24-25)16-12-14-26(15-13-16)21(28)23-17-8-10-19(30-2)11-9-17/h3-11,16H,12-15H2,1-2H3,(H,23,28). The number of nitrogens with zero attached hydrogens (tertiary/aromatic N) is 4. The molecule has 30 heavy (non-hydrogen) atoms. The van der Waals surface area contributed by atoms with Gasteiger partial charge >= 0.3 is 11.7 Å². The van der Waals surface area contributed by atoms with E-state index in [-0.39, 0.29) is 17.6 Å². The number of methoxy groups -OCH3 is 1. The topological polar surface area (TPSA) is 81.4 Å². The molecule has 1 aliphatic rings. The third-order valence-corrected chi connectivity index (χ3v) is 5.45. The first-order chi connectivity index (χ1) is 14.6. The number of piperidine rings is 1. The number of carbonyl (C=O) groups excluding carboxylic acids is 1. The van der Waals surface area contributed by atoms with Crippen molar-refractivity contribution in [2.45, 2.75) is 18.8 Å². The number of anilines is 1. The fraction of sp³-hybridized carbons (Fsp3) is 0.318. The molecule has 8 heteroatoms. The van der Waals surface area contributed by atoms with E-state index in [4.69, 9.17) is 4.74 Å². The van der Waals surface area contributed by atoms with Gasteiger partial charge in [0.25, 0.3) is 0 Å². The highest BCUT2D eigenvalue weighted by atomic mass is 16.5. The van der Waals surface area contributed by atoms with Gasteiger partial charge in [-0.1, -0.05) is 18.2 Å². The molecule has 0 spiro atoms. The van der Waals surface area contributed by atoms with Gasteiger partial charge in [-0.2, -0.15) is 5.10 Å². The molecule has 2 heterocycles. The monoisotopic (exact) mass is 407 g/mol. The van der Waals surface area contributed by atoms with Crippen LogP contribution in [-0.2, 0) is 7.05 Å². The molecule has 0 atom stereocenters. The first kappa shape index (κ1) is 19.8. The zero-order valence-corrected chi connectivity index (χ0v) is 17.1. The normalized spacial score (nSPS) is 14.5. The van der Waals surface area contributed by atoms with Crippen molar-refractivity contribution in [1.29, 1.82) is 0 Å². The Morgan fingerprint density at radius 1 is 1.07 bits per heavy atom. The van der Waals surface area contributed by atoms with Gasteiger partial charge in [0.15, 0.2) is 0 Å². The van der Waals surface area contributed by atoms with Crippen molar-refractivity contribution in [1.82, 2.24) is 19.2 Å². The van der Waals surface area contributed by atoms with Crippen molar-refractivity contribution in [3.63, 3.8) is 0 Å². The van der Waals surface area contributed by atoms with Gasteiger partial charge < -0.3 is 15.0 Å². The van der Waals surface area contributed by atoms with Crippen LogP contribution in [0.4, 0.5) is 10.5 Å². The van der Waals surface area contributed by atoms with E-state index < -0.39 is 0 Å². The molecule has 0 unspecified atom stereocenters. The minimum Gasteiger partial charge on any atom is -0.497 e. The first-order valence-corrected chi connectivity index (χ1v) is 9.98. The molecule has 1 aromatic heterocycles. The maximum Gasteiger partial charge on any atom is 0.350 e. The second kappa shape index (κ2) is 8.44. The number of amides is 2. The van der Waals surface area contributed by atoms with Crippen molar-refractivity contribution < 1.29 is 9.53 Å². The number of para-hydroxylation sites is 1. The lowest BCUT2D eigenvalue weighted by molar-refractivity contribution is 0.193. The van der Waals surface area contributed by atoms with Crippen LogP contribution in [0.1, 0.15) is 24.6 Å². The Morgan fingerprint density at radius 2 is 1.73 bits per heavy atom. The molecule has 156 valence electrons. The van der Waals surface area contributed by atoms with Gasteiger partial charge in [0.05, 0.1) is 12.8 Å². The van der Waals surface area contributed by atoms with E-state index in [0.717, 1.165) is 35.8 Å².